The summed E-state index contributed by atoms with van der Waals surface area (Å²) in [4.78, 5) is 4.42. The van der Waals surface area contributed by atoms with E-state index in [1.54, 1.807) is 0 Å². The zero-order valence-electron chi connectivity index (χ0n) is 10.2. The summed E-state index contributed by atoms with van der Waals surface area (Å²) < 4.78 is 29.3. The molecule has 7 heteroatoms. The molecule has 1 aromatic heterocycles. The van der Waals surface area contributed by atoms with E-state index >= 15 is 0 Å². The molecule has 1 aromatic rings. The summed E-state index contributed by atoms with van der Waals surface area (Å²) in [5.74, 6) is 0.409. The molecule has 2 aliphatic rings. The summed E-state index contributed by atoms with van der Waals surface area (Å²) in [5.41, 5.74) is 0.954. The van der Waals surface area contributed by atoms with Gasteiger partial charge in [0.05, 0.1) is 6.04 Å². The van der Waals surface area contributed by atoms with Crippen molar-refractivity contribution in [2.24, 2.45) is 5.92 Å². The standard InChI is InChI=1S/C11H17N3O2S2/c1-7-6-17-11(12-7)10(8-2-3-8)14-18(15,16)13-9-4-5-9/h6,8-10,13-14H,2-5H2,1H3/t10-/m0/s1. The smallest absolute Gasteiger partial charge is 0.245 e. The second kappa shape index (κ2) is 4.56. The lowest BCUT2D eigenvalue weighted by molar-refractivity contribution is 0.516. The molecule has 0 radical (unpaired) electrons. The van der Waals surface area contributed by atoms with E-state index in [0.29, 0.717) is 5.92 Å². The Bertz CT molecular complexity index is 532. The number of aromatic nitrogens is 1. The van der Waals surface area contributed by atoms with Crippen molar-refractivity contribution in [2.45, 2.75) is 44.7 Å². The molecule has 0 aromatic carbocycles. The molecular formula is C11H17N3O2S2. The van der Waals surface area contributed by atoms with Crippen LogP contribution in [0.4, 0.5) is 0 Å². The number of hydrogen-bond donors (Lipinski definition) is 2. The maximum Gasteiger partial charge on any atom is 0.277 e. The fourth-order valence-corrected chi connectivity index (χ4v) is 4.31. The summed E-state index contributed by atoms with van der Waals surface area (Å²) >= 11 is 1.54. The molecule has 2 N–H and O–H groups in total. The number of nitrogens with zero attached hydrogens (tertiary/aromatic N) is 1. The van der Waals surface area contributed by atoms with Gasteiger partial charge in [0.15, 0.2) is 0 Å². The Morgan fingerprint density at radius 2 is 2.11 bits per heavy atom. The molecule has 3 rings (SSSR count). The van der Waals surface area contributed by atoms with Crippen LogP contribution in [0.25, 0.3) is 0 Å². The van der Waals surface area contributed by atoms with Crippen molar-refractivity contribution in [1.82, 2.24) is 14.4 Å². The Hall–Kier alpha value is -0.500. The highest BCUT2D eigenvalue weighted by atomic mass is 32.2. The molecule has 0 saturated heterocycles. The monoisotopic (exact) mass is 287 g/mol. The summed E-state index contributed by atoms with van der Waals surface area (Å²) in [6, 6.07) is -0.0136. The highest BCUT2D eigenvalue weighted by Crippen LogP contribution is 2.42. The predicted molar refractivity (Wildman–Crippen MR) is 70.5 cm³/mol. The fourth-order valence-electron chi connectivity index (χ4n) is 1.91. The van der Waals surface area contributed by atoms with Crippen LogP contribution in [0.1, 0.15) is 42.4 Å². The Labute approximate surface area is 111 Å². The second-order valence-electron chi connectivity index (χ2n) is 5.16. The number of rotatable bonds is 6. The van der Waals surface area contributed by atoms with E-state index in [1.165, 1.54) is 11.3 Å². The van der Waals surface area contributed by atoms with Crippen LogP contribution in [0.3, 0.4) is 0 Å². The van der Waals surface area contributed by atoms with Gasteiger partial charge in [-0.15, -0.1) is 11.3 Å². The Morgan fingerprint density at radius 3 is 2.61 bits per heavy atom. The van der Waals surface area contributed by atoms with Crippen molar-refractivity contribution in [3.63, 3.8) is 0 Å². The SMILES string of the molecule is Cc1csc([C@@H](NS(=O)(=O)NC2CC2)C2CC2)n1. The van der Waals surface area contributed by atoms with Gasteiger partial charge in [-0.25, -0.2) is 4.98 Å². The molecular weight excluding hydrogens is 270 g/mol. The van der Waals surface area contributed by atoms with E-state index in [9.17, 15) is 8.42 Å². The summed E-state index contributed by atoms with van der Waals surface area (Å²) in [6.45, 7) is 1.93. The minimum Gasteiger partial charge on any atom is -0.245 e. The molecule has 2 saturated carbocycles. The minimum absolute atomic E-state index is 0.139. The molecule has 100 valence electrons. The Morgan fingerprint density at radius 1 is 1.39 bits per heavy atom. The molecule has 0 aliphatic heterocycles. The largest absolute Gasteiger partial charge is 0.277 e. The first-order chi connectivity index (χ1) is 8.53. The van der Waals surface area contributed by atoms with Crippen molar-refractivity contribution < 1.29 is 8.42 Å². The maximum absolute atomic E-state index is 12.0. The van der Waals surface area contributed by atoms with Gasteiger partial charge >= 0.3 is 0 Å². The van der Waals surface area contributed by atoms with Crippen LogP contribution >= 0.6 is 11.3 Å². The Kier molecular flexibility index (Phi) is 3.17. The third-order valence-electron chi connectivity index (χ3n) is 3.18. The third-order valence-corrected chi connectivity index (χ3v) is 5.43. The lowest BCUT2D eigenvalue weighted by Gasteiger charge is -2.16. The van der Waals surface area contributed by atoms with Crippen LogP contribution < -0.4 is 9.44 Å². The summed E-state index contributed by atoms with van der Waals surface area (Å²) in [7, 11) is -3.39. The molecule has 0 unspecified atom stereocenters. The van der Waals surface area contributed by atoms with Crippen LogP contribution in [0.2, 0.25) is 0 Å². The first-order valence-corrected chi connectivity index (χ1v) is 8.61. The second-order valence-corrected chi connectivity index (χ2v) is 7.52. The van der Waals surface area contributed by atoms with Gasteiger partial charge in [-0.1, -0.05) is 0 Å². The van der Waals surface area contributed by atoms with E-state index in [1.807, 2.05) is 12.3 Å². The minimum atomic E-state index is -3.39. The molecule has 5 nitrogen and oxygen atoms in total. The van der Waals surface area contributed by atoms with Crippen molar-refractivity contribution >= 4 is 21.5 Å². The van der Waals surface area contributed by atoms with Crippen LogP contribution in [0, 0.1) is 12.8 Å². The first kappa shape index (κ1) is 12.5. The quantitative estimate of drug-likeness (QED) is 0.832. The van der Waals surface area contributed by atoms with Gasteiger partial charge in [-0.3, -0.25) is 0 Å². The Balaban J connectivity index is 1.73. The van der Waals surface area contributed by atoms with Gasteiger partial charge in [-0.2, -0.15) is 17.9 Å². The van der Waals surface area contributed by atoms with Crippen molar-refractivity contribution in [3.05, 3.63) is 16.1 Å². The molecule has 1 heterocycles. The molecule has 1 atom stereocenters. The molecule has 2 aliphatic carbocycles. The molecule has 0 amide bonds. The molecule has 0 bridgehead atoms. The van der Waals surface area contributed by atoms with Crippen molar-refractivity contribution in [1.29, 1.82) is 0 Å². The molecule has 2 fully saturated rings. The first-order valence-electron chi connectivity index (χ1n) is 6.25. The van der Waals surface area contributed by atoms with Gasteiger partial charge in [0.2, 0.25) is 0 Å². The maximum atomic E-state index is 12.0. The van der Waals surface area contributed by atoms with Crippen molar-refractivity contribution in [3.8, 4) is 0 Å². The lowest BCUT2D eigenvalue weighted by atomic mass is 10.2. The summed E-state index contributed by atoms with van der Waals surface area (Å²) in [5, 5.41) is 2.85. The van der Waals surface area contributed by atoms with Crippen LogP contribution in [-0.4, -0.2) is 19.4 Å². The van der Waals surface area contributed by atoms with E-state index in [0.717, 1.165) is 36.4 Å². The average molecular weight is 287 g/mol. The van der Waals surface area contributed by atoms with E-state index < -0.39 is 10.2 Å². The van der Waals surface area contributed by atoms with Crippen LogP contribution in [0.15, 0.2) is 5.38 Å². The van der Waals surface area contributed by atoms with Gasteiger partial charge < -0.3 is 0 Å². The van der Waals surface area contributed by atoms with E-state index in [2.05, 4.69) is 14.4 Å². The predicted octanol–water partition coefficient (Wildman–Crippen LogP) is 1.49. The van der Waals surface area contributed by atoms with Crippen LogP contribution in [-0.2, 0) is 10.2 Å². The number of hydrogen-bond acceptors (Lipinski definition) is 4. The molecule has 18 heavy (non-hydrogen) atoms. The van der Waals surface area contributed by atoms with Gasteiger partial charge in [0.1, 0.15) is 5.01 Å². The normalized spacial score (nSPS) is 22.1. The highest BCUT2D eigenvalue weighted by molar-refractivity contribution is 7.87. The average Bonchev–Trinajstić information content (AvgIpc) is 3.17. The van der Waals surface area contributed by atoms with E-state index in [4.69, 9.17) is 0 Å². The zero-order chi connectivity index (χ0) is 12.8. The van der Waals surface area contributed by atoms with Gasteiger partial charge in [0, 0.05) is 17.1 Å². The number of aryl methyl sites for hydroxylation is 1. The zero-order valence-corrected chi connectivity index (χ0v) is 11.9. The van der Waals surface area contributed by atoms with Gasteiger partial charge in [-0.05, 0) is 38.5 Å². The lowest BCUT2D eigenvalue weighted by Crippen LogP contribution is -2.40. The third kappa shape index (κ3) is 3.09. The topological polar surface area (TPSA) is 71.1 Å². The van der Waals surface area contributed by atoms with E-state index in [-0.39, 0.29) is 12.1 Å². The highest BCUT2D eigenvalue weighted by Gasteiger charge is 2.38. The van der Waals surface area contributed by atoms with Crippen LogP contribution in [0.5, 0.6) is 0 Å². The summed E-state index contributed by atoms with van der Waals surface area (Å²) in [6.07, 6.45) is 4.06. The number of thiazole rings is 1. The number of nitrogens with one attached hydrogen (secondary N) is 2. The fraction of sp³-hybridized carbons (Fsp3) is 0.727. The van der Waals surface area contributed by atoms with Crippen molar-refractivity contribution in [2.75, 3.05) is 0 Å². The van der Waals surface area contributed by atoms with Gasteiger partial charge in [0.25, 0.3) is 10.2 Å². The molecule has 0 spiro atoms.